The van der Waals surface area contributed by atoms with E-state index in [0.717, 1.165) is 16.5 Å². The number of halogens is 1. The van der Waals surface area contributed by atoms with Gasteiger partial charge < -0.3 is 5.11 Å². The summed E-state index contributed by atoms with van der Waals surface area (Å²) in [6.07, 6.45) is 0. The lowest BCUT2D eigenvalue weighted by Gasteiger charge is -2.17. The highest BCUT2D eigenvalue weighted by Gasteiger charge is 2.16. The van der Waals surface area contributed by atoms with Crippen LogP contribution in [0.2, 0.25) is 5.15 Å². The monoisotopic (exact) mass is 210 g/mol. The maximum atomic E-state index is 9.78. The highest BCUT2D eigenvalue weighted by atomic mass is 35.5. The molecule has 1 aromatic heterocycles. The van der Waals surface area contributed by atoms with Crippen LogP contribution in [0.25, 0.3) is 10.9 Å². The number of fused-ring (bicyclic) bond motifs is 1. The van der Waals surface area contributed by atoms with Crippen LogP contribution in [-0.4, -0.2) is 15.3 Å². The highest BCUT2D eigenvalue weighted by molar-refractivity contribution is 6.34. The number of nitrogens with zero attached hydrogens (tertiary/aromatic N) is 1. The molecule has 2 N–H and O–H groups in total. The number of nitrogens with one attached hydrogen (secondary N) is 1. The van der Waals surface area contributed by atoms with Crippen molar-refractivity contribution in [1.82, 2.24) is 10.2 Å². The standard InChI is InChI=1S/C10H11ClN2O/c1-10(2,14)6-3-4-7-8(5-6)12-13-9(7)11/h3-5,14H,1-2H3,(H,12,13). The Kier molecular flexibility index (Phi) is 2.01. The fourth-order valence-corrected chi connectivity index (χ4v) is 1.56. The zero-order valence-corrected chi connectivity index (χ0v) is 8.76. The van der Waals surface area contributed by atoms with E-state index in [-0.39, 0.29) is 0 Å². The maximum absolute atomic E-state index is 9.78. The Bertz CT molecular complexity index is 470. The quantitative estimate of drug-likeness (QED) is 0.760. The van der Waals surface area contributed by atoms with Gasteiger partial charge in [-0.3, -0.25) is 5.10 Å². The zero-order chi connectivity index (χ0) is 10.3. The Morgan fingerprint density at radius 3 is 2.79 bits per heavy atom. The zero-order valence-electron chi connectivity index (χ0n) is 8.00. The molecule has 0 radical (unpaired) electrons. The first-order valence-corrected chi connectivity index (χ1v) is 4.73. The molecule has 3 nitrogen and oxygen atoms in total. The molecule has 0 aliphatic heterocycles. The Labute approximate surface area is 86.7 Å². The fraction of sp³-hybridized carbons (Fsp3) is 0.300. The lowest BCUT2D eigenvalue weighted by Crippen LogP contribution is -2.14. The van der Waals surface area contributed by atoms with Crippen molar-refractivity contribution in [3.05, 3.63) is 28.9 Å². The van der Waals surface area contributed by atoms with Gasteiger partial charge in [0.2, 0.25) is 0 Å². The van der Waals surface area contributed by atoms with Crippen LogP contribution >= 0.6 is 11.6 Å². The Hall–Kier alpha value is -1.06. The molecule has 2 rings (SSSR count). The van der Waals surface area contributed by atoms with Crippen LogP contribution in [0.4, 0.5) is 0 Å². The molecule has 1 heterocycles. The van der Waals surface area contributed by atoms with Gasteiger partial charge in [-0.15, -0.1) is 0 Å². The molecule has 0 unspecified atom stereocenters. The summed E-state index contributed by atoms with van der Waals surface area (Å²) >= 11 is 5.86. The molecule has 0 aliphatic carbocycles. The number of H-pyrrole nitrogens is 1. The molecule has 2 aromatic rings. The molecule has 74 valence electrons. The van der Waals surface area contributed by atoms with E-state index in [0.29, 0.717) is 5.15 Å². The van der Waals surface area contributed by atoms with Crippen LogP contribution in [0.1, 0.15) is 19.4 Å². The van der Waals surface area contributed by atoms with Gasteiger partial charge in [0, 0.05) is 5.39 Å². The summed E-state index contributed by atoms with van der Waals surface area (Å²) in [5, 5.41) is 17.9. The lowest BCUT2D eigenvalue weighted by molar-refractivity contribution is 0.0787. The summed E-state index contributed by atoms with van der Waals surface area (Å²) in [6, 6.07) is 5.54. The Morgan fingerprint density at radius 2 is 2.14 bits per heavy atom. The average Bonchev–Trinajstić information content (AvgIpc) is 2.46. The molecule has 0 bridgehead atoms. The number of aromatic nitrogens is 2. The van der Waals surface area contributed by atoms with E-state index in [1.807, 2.05) is 18.2 Å². The fourth-order valence-electron chi connectivity index (χ4n) is 1.36. The minimum atomic E-state index is -0.848. The molecule has 0 fully saturated rings. The van der Waals surface area contributed by atoms with E-state index < -0.39 is 5.60 Å². The second-order valence-electron chi connectivity index (χ2n) is 3.83. The first kappa shape index (κ1) is 9.49. The van der Waals surface area contributed by atoms with Gasteiger partial charge in [0.05, 0.1) is 11.1 Å². The van der Waals surface area contributed by atoms with E-state index in [1.54, 1.807) is 13.8 Å². The average molecular weight is 211 g/mol. The van der Waals surface area contributed by atoms with Crippen molar-refractivity contribution >= 4 is 22.5 Å². The summed E-state index contributed by atoms with van der Waals surface area (Å²) in [5.41, 5.74) is 0.752. The molecule has 0 saturated heterocycles. The minimum absolute atomic E-state index is 0.530. The van der Waals surface area contributed by atoms with Crippen molar-refractivity contribution in [3.8, 4) is 0 Å². The molecule has 0 spiro atoms. The predicted molar refractivity (Wildman–Crippen MR) is 56.3 cm³/mol. The van der Waals surface area contributed by atoms with E-state index in [2.05, 4.69) is 10.2 Å². The molecule has 0 saturated carbocycles. The topological polar surface area (TPSA) is 48.9 Å². The first-order chi connectivity index (χ1) is 6.48. The van der Waals surface area contributed by atoms with Crippen molar-refractivity contribution in [2.24, 2.45) is 0 Å². The van der Waals surface area contributed by atoms with Crippen molar-refractivity contribution in [1.29, 1.82) is 0 Å². The van der Waals surface area contributed by atoms with Gasteiger partial charge in [-0.1, -0.05) is 17.7 Å². The van der Waals surface area contributed by atoms with E-state index in [4.69, 9.17) is 11.6 Å². The Balaban J connectivity index is 2.63. The molecule has 0 atom stereocenters. The smallest absolute Gasteiger partial charge is 0.132 e. The summed E-state index contributed by atoms with van der Waals surface area (Å²) in [6.45, 7) is 3.48. The molecule has 1 aromatic carbocycles. The normalized spacial score (nSPS) is 12.3. The number of hydrogen-bond acceptors (Lipinski definition) is 2. The number of aromatic amines is 1. The summed E-state index contributed by atoms with van der Waals surface area (Å²) in [7, 11) is 0. The van der Waals surface area contributed by atoms with E-state index in [1.165, 1.54) is 0 Å². The van der Waals surface area contributed by atoms with Crippen LogP contribution in [0, 0.1) is 0 Å². The highest BCUT2D eigenvalue weighted by Crippen LogP contribution is 2.26. The van der Waals surface area contributed by atoms with Gasteiger partial charge in [0.25, 0.3) is 0 Å². The van der Waals surface area contributed by atoms with Crippen molar-refractivity contribution in [3.63, 3.8) is 0 Å². The first-order valence-electron chi connectivity index (χ1n) is 4.35. The summed E-state index contributed by atoms with van der Waals surface area (Å²) in [4.78, 5) is 0. The molecule has 14 heavy (non-hydrogen) atoms. The van der Waals surface area contributed by atoms with E-state index >= 15 is 0 Å². The molecule has 0 amide bonds. The van der Waals surface area contributed by atoms with Crippen molar-refractivity contribution < 1.29 is 5.11 Å². The molecule has 0 aliphatic rings. The number of hydrogen-bond donors (Lipinski definition) is 2. The van der Waals surface area contributed by atoms with Crippen LogP contribution < -0.4 is 0 Å². The summed E-state index contributed by atoms with van der Waals surface area (Å²) in [5.74, 6) is 0. The van der Waals surface area contributed by atoms with Crippen LogP contribution in [-0.2, 0) is 5.60 Å². The third kappa shape index (κ3) is 1.49. The second-order valence-corrected chi connectivity index (χ2v) is 4.21. The van der Waals surface area contributed by atoms with Gasteiger partial charge in [0.15, 0.2) is 0 Å². The van der Waals surface area contributed by atoms with Crippen molar-refractivity contribution in [2.75, 3.05) is 0 Å². The third-order valence-corrected chi connectivity index (χ3v) is 2.50. The van der Waals surface area contributed by atoms with Crippen molar-refractivity contribution in [2.45, 2.75) is 19.4 Å². The van der Waals surface area contributed by atoms with Crippen LogP contribution in [0.5, 0.6) is 0 Å². The maximum Gasteiger partial charge on any atom is 0.132 e. The third-order valence-electron chi connectivity index (χ3n) is 2.22. The SMILES string of the molecule is CC(C)(O)c1ccc2c(Cl)[nH]nc2c1. The van der Waals surface area contributed by atoms with Gasteiger partial charge in [-0.2, -0.15) is 5.10 Å². The number of aliphatic hydroxyl groups is 1. The van der Waals surface area contributed by atoms with E-state index in [9.17, 15) is 5.11 Å². The summed E-state index contributed by atoms with van der Waals surface area (Å²) < 4.78 is 0. The molecular formula is C10H11ClN2O. The minimum Gasteiger partial charge on any atom is -0.386 e. The largest absolute Gasteiger partial charge is 0.386 e. The van der Waals surface area contributed by atoms with Crippen LogP contribution in [0.3, 0.4) is 0 Å². The molecular weight excluding hydrogens is 200 g/mol. The van der Waals surface area contributed by atoms with Gasteiger partial charge >= 0.3 is 0 Å². The van der Waals surface area contributed by atoms with Gasteiger partial charge in [-0.05, 0) is 31.5 Å². The molecule has 4 heteroatoms. The number of rotatable bonds is 1. The Morgan fingerprint density at radius 1 is 1.43 bits per heavy atom. The van der Waals surface area contributed by atoms with Crippen LogP contribution in [0.15, 0.2) is 18.2 Å². The predicted octanol–water partition coefficient (Wildman–Crippen LogP) is 2.44. The van der Waals surface area contributed by atoms with Gasteiger partial charge in [-0.25, -0.2) is 0 Å². The second kappa shape index (κ2) is 2.97. The van der Waals surface area contributed by atoms with Gasteiger partial charge in [0.1, 0.15) is 5.15 Å². The lowest BCUT2D eigenvalue weighted by atomic mass is 9.98. The number of benzene rings is 1.